The molecule has 12 heavy (non-hydrogen) atoms. The van der Waals surface area contributed by atoms with Gasteiger partial charge in [-0.25, -0.2) is 0 Å². The lowest BCUT2D eigenvalue weighted by molar-refractivity contribution is 0.454. The Kier molecular flexibility index (Phi) is 1.77. The molecule has 0 N–H and O–H groups in total. The minimum absolute atomic E-state index is 0.445. The quantitative estimate of drug-likeness (QED) is 0.676. The third-order valence-corrected chi connectivity index (χ3v) is 2.19. The SMILES string of the molecule is CCc1cccc2c(Cl)noc12. The molecule has 0 aliphatic heterocycles. The van der Waals surface area contributed by atoms with Crippen LogP contribution in [-0.2, 0) is 6.42 Å². The third kappa shape index (κ3) is 0.994. The van der Waals surface area contributed by atoms with E-state index in [-0.39, 0.29) is 0 Å². The Bertz CT molecular complexity index is 408. The minimum atomic E-state index is 0.445. The van der Waals surface area contributed by atoms with Crippen molar-refractivity contribution in [2.24, 2.45) is 0 Å². The number of nitrogens with zero attached hydrogens (tertiary/aromatic N) is 1. The molecule has 0 amide bonds. The van der Waals surface area contributed by atoms with Crippen LogP contribution in [0.2, 0.25) is 5.15 Å². The van der Waals surface area contributed by atoms with Gasteiger partial charge in [-0.15, -0.1) is 0 Å². The zero-order valence-electron chi connectivity index (χ0n) is 6.67. The van der Waals surface area contributed by atoms with E-state index >= 15 is 0 Å². The summed E-state index contributed by atoms with van der Waals surface area (Å²) in [5, 5.41) is 5.04. The first-order valence-corrected chi connectivity index (χ1v) is 4.23. The summed E-state index contributed by atoms with van der Waals surface area (Å²) in [6, 6.07) is 5.89. The van der Waals surface area contributed by atoms with E-state index in [1.165, 1.54) is 0 Å². The van der Waals surface area contributed by atoms with Crippen LogP contribution in [0.25, 0.3) is 11.0 Å². The molecule has 2 nitrogen and oxygen atoms in total. The van der Waals surface area contributed by atoms with Crippen molar-refractivity contribution in [3.8, 4) is 0 Å². The van der Waals surface area contributed by atoms with Crippen LogP contribution in [0, 0.1) is 0 Å². The van der Waals surface area contributed by atoms with Crippen LogP contribution in [0.15, 0.2) is 22.7 Å². The first-order valence-electron chi connectivity index (χ1n) is 3.85. The maximum Gasteiger partial charge on any atom is 0.180 e. The minimum Gasteiger partial charge on any atom is -0.354 e. The zero-order chi connectivity index (χ0) is 8.55. The number of hydrogen-bond donors (Lipinski definition) is 0. The molecule has 0 unspecified atom stereocenters. The average molecular weight is 182 g/mol. The highest BCUT2D eigenvalue weighted by Crippen LogP contribution is 2.25. The van der Waals surface area contributed by atoms with E-state index in [0.717, 1.165) is 23.0 Å². The van der Waals surface area contributed by atoms with Gasteiger partial charge in [0.1, 0.15) is 0 Å². The van der Waals surface area contributed by atoms with Gasteiger partial charge in [-0.05, 0) is 18.1 Å². The van der Waals surface area contributed by atoms with Crippen LogP contribution in [0.4, 0.5) is 0 Å². The summed E-state index contributed by atoms with van der Waals surface area (Å²) in [5.41, 5.74) is 1.96. The predicted octanol–water partition coefficient (Wildman–Crippen LogP) is 3.04. The van der Waals surface area contributed by atoms with E-state index in [0.29, 0.717) is 5.15 Å². The average Bonchev–Trinajstić information content (AvgIpc) is 2.48. The van der Waals surface area contributed by atoms with Crippen LogP contribution in [0.1, 0.15) is 12.5 Å². The van der Waals surface area contributed by atoms with Crippen LogP contribution in [0.3, 0.4) is 0 Å². The van der Waals surface area contributed by atoms with E-state index < -0.39 is 0 Å². The molecule has 3 heteroatoms. The summed E-state index contributed by atoms with van der Waals surface area (Å²) in [7, 11) is 0. The van der Waals surface area contributed by atoms with Crippen LogP contribution in [0.5, 0.6) is 0 Å². The summed E-state index contributed by atoms with van der Waals surface area (Å²) >= 11 is 5.80. The van der Waals surface area contributed by atoms with Crippen molar-refractivity contribution in [1.82, 2.24) is 5.16 Å². The molecule has 1 aromatic carbocycles. The lowest BCUT2D eigenvalue weighted by Gasteiger charge is -1.94. The molecule has 0 radical (unpaired) electrons. The van der Waals surface area contributed by atoms with Crippen molar-refractivity contribution in [2.45, 2.75) is 13.3 Å². The summed E-state index contributed by atoms with van der Waals surface area (Å²) in [6.45, 7) is 2.07. The normalized spacial score (nSPS) is 10.8. The molecular weight excluding hydrogens is 174 g/mol. The zero-order valence-corrected chi connectivity index (χ0v) is 7.43. The Balaban J connectivity index is 2.81. The van der Waals surface area contributed by atoms with Gasteiger partial charge in [-0.3, -0.25) is 0 Å². The van der Waals surface area contributed by atoms with Gasteiger partial charge in [0.2, 0.25) is 0 Å². The second-order valence-electron chi connectivity index (χ2n) is 2.62. The molecule has 0 aliphatic carbocycles. The number of benzene rings is 1. The van der Waals surface area contributed by atoms with Crippen molar-refractivity contribution in [3.63, 3.8) is 0 Å². The lowest BCUT2D eigenvalue weighted by Crippen LogP contribution is -1.78. The fourth-order valence-corrected chi connectivity index (χ4v) is 1.45. The largest absolute Gasteiger partial charge is 0.354 e. The van der Waals surface area contributed by atoms with E-state index in [1.807, 2.05) is 18.2 Å². The van der Waals surface area contributed by atoms with Crippen molar-refractivity contribution >= 4 is 22.6 Å². The summed E-state index contributed by atoms with van der Waals surface area (Å²) in [4.78, 5) is 0. The van der Waals surface area contributed by atoms with Crippen molar-refractivity contribution in [3.05, 3.63) is 28.9 Å². The predicted molar refractivity (Wildman–Crippen MR) is 48.4 cm³/mol. The fraction of sp³-hybridized carbons (Fsp3) is 0.222. The van der Waals surface area contributed by atoms with Gasteiger partial charge < -0.3 is 4.52 Å². The second kappa shape index (κ2) is 2.79. The molecule has 62 valence electrons. The lowest BCUT2D eigenvalue weighted by atomic mass is 10.1. The molecule has 0 saturated carbocycles. The number of fused-ring (bicyclic) bond motifs is 1. The van der Waals surface area contributed by atoms with Crippen molar-refractivity contribution < 1.29 is 4.52 Å². The van der Waals surface area contributed by atoms with E-state index in [2.05, 4.69) is 12.1 Å². The molecule has 1 heterocycles. The number of aromatic nitrogens is 1. The molecule has 2 aromatic rings. The number of halogens is 1. The highest BCUT2D eigenvalue weighted by molar-refractivity contribution is 6.34. The van der Waals surface area contributed by atoms with Gasteiger partial charge in [0.05, 0.1) is 5.39 Å². The maximum atomic E-state index is 5.80. The molecular formula is C9H8ClNO. The highest BCUT2D eigenvalue weighted by Gasteiger charge is 2.07. The fourth-order valence-electron chi connectivity index (χ4n) is 1.27. The molecule has 0 saturated heterocycles. The Morgan fingerprint density at radius 2 is 2.33 bits per heavy atom. The van der Waals surface area contributed by atoms with Gasteiger partial charge in [0.15, 0.2) is 10.7 Å². The first kappa shape index (κ1) is 7.62. The van der Waals surface area contributed by atoms with E-state index in [1.54, 1.807) is 0 Å². The topological polar surface area (TPSA) is 26.0 Å². The third-order valence-electron chi connectivity index (χ3n) is 1.92. The Hall–Kier alpha value is -1.02. The molecule has 0 spiro atoms. The number of hydrogen-bond acceptors (Lipinski definition) is 2. The Morgan fingerprint density at radius 1 is 1.50 bits per heavy atom. The number of aryl methyl sites for hydroxylation is 1. The summed E-state index contributed by atoms with van der Waals surface area (Å²) < 4.78 is 5.09. The van der Waals surface area contributed by atoms with E-state index in [4.69, 9.17) is 16.1 Å². The smallest absolute Gasteiger partial charge is 0.180 e. The van der Waals surface area contributed by atoms with Gasteiger partial charge in [-0.1, -0.05) is 35.8 Å². The van der Waals surface area contributed by atoms with Crippen molar-refractivity contribution in [1.29, 1.82) is 0 Å². The van der Waals surface area contributed by atoms with Gasteiger partial charge >= 0.3 is 0 Å². The number of para-hydroxylation sites is 1. The number of rotatable bonds is 1. The monoisotopic (exact) mass is 181 g/mol. The summed E-state index contributed by atoms with van der Waals surface area (Å²) in [6.07, 6.45) is 0.933. The van der Waals surface area contributed by atoms with Crippen LogP contribution >= 0.6 is 11.6 Å². The van der Waals surface area contributed by atoms with Crippen molar-refractivity contribution in [2.75, 3.05) is 0 Å². The van der Waals surface area contributed by atoms with Gasteiger partial charge in [0, 0.05) is 0 Å². The summed E-state index contributed by atoms with van der Waals surface area (Å²) in [5.74, 6) is 0. The van der Waals surface area contributed by atoms with E-state index in [9.17, 15) is 0 Å². The standard InChI is InChI=1S/C9H8ClNO/c1-2-6-4-3-5-7-8(6)12-11-9(7)10/h3-5H,2H2,1H3. The molecule has 1 aromatic heterocycles. The highest BCUT2D eigenvalue weighted by atomic mass is 35.5. The van der Waals surface area contributed by atoms with Gasteiger partial charge in [-0.2, -0.15) is 0 Å². The first-order chi connectivity index (χ1) is 5.83. The van der Waals surface area contributed by atoms with Crippen LogP contribution in [-0.4, -0.2) is 5.16 Å². The molecule has 2 rings (SSSR count). The molecule has 0 aliphatic rings. The second-order valence-corrected chi connectivity index (χ2v) is 2.98. The molecule has 0 atom stereocenters. The Labute approximate surface area is 75.1 Å². The van der Waals surface area contributed by atoms with Crippen LogP contribution < -0.4 is 0 Å². The molecule has 0 bridgehead atoms. The molecule has 0 fully saturated rings. The Morgan fingerprint density at radius 3 is 3.08 bits per heavy atom. The maximum absolute atomic E-state index is 5.80. The van der Waals surface area contributed by atoms with Gasteiger partial charge in [0.25, 0.3) is 0 Å².